The van der Waals surface area contributed by atoms with Crippen LogP contribution in [0, 0.1) is 0 Å². The Morgan fingerprint density at radius 1 is 1.17 bits per heavy atom. The highest BCUT2D eigenvalue weighted by Gasteiger charge is 2.38. The summed E-state index contributed by atoms with van der Waals surface area (Å²) in [5, 5.41) is 2.87. The quantitative estimate of drug-likeness (QED) is 0.733. The fourth-order valence-electron chi connectivity index (χ4n) is 3.96. The highest BCUT2D eigenvalue weighted by Crippen LogP contribution is 2.35. The van der Waals surface area contributed by atoms with Crippen molar-refractivity contribution in [3.8, 4) is 0 Å². The van der Waals surface area contributed by atoms with Crippen LogP contribution in [0.2, 0.25) is 0 Å². The van der Waals surface area contributed by atoms with Crippen LogP contribution in [-0.4, -0.2) is 75.8 Å². The Bertz CT molecular complexity index is 878. The van der Waals surface area contributed by atoms with Gasteiger partial charge in [-0.3, -0.25) is 14.5 Å². The van der Waals surface area contributed by atoms with E-state index in [9.17, 15) is 18.0 Å². The van der Waals surface area contributed by atoms with E-state index < -0.39 is 16.1 Å². The summed E-state index contributed by atoms with van der Waals surface area (Å²) in [7, 11) is 0.282. The first-order valence-corrected chi connectivity index (χ1v) is 11.5. The first-order chi connectivity index (χ1) is 13.7. The molecule has 0 spiro atoms. The van der Waals surface area contributed by atoms with Crippen molar-refractivity contribution in [3.05, 3.63) is 23.8 Å². The van der Waals surface area contributed by atoms with Gasteiger partial charge in [0.1, 0.15) is 6.04 Å². The summed E-state index contributed by atoms with van der Waals surface area (Å²) in [5.74, 6) is -0.457. The molecular weight excluding hydrogens is 392 g/mol. The fraction of sp³-hybridized carbons (Fsp3) is 0.600. The molecule has 1 atom stereocenters. The number of nitrogens with one attached hydrogen (secondary N) is 1. The maximum Gasteiger partial charge on any atom is 0.243 e. The molecule has 0 unspecified atom stereocenters. The Kier molecular flexibility index (Phi) is 6.60. The van der Waals surface area contributed by atoms with E-state index in [-0.39, 0.29) is 16.7 Å². The van der Waals surface area contributed by atoms with Gasteiger partial charge in [-0.1, -0.05) is 6.42 Å². The number of piperidine rings is 1. The molecule has 1 saturated heterocycles. The summed E-state index contributed by atoms with van der Waals surface area (Å²) < 4.78 is 27.5. The van der Waals surface area contributed by atoms with E-state index in [0.717, 1.165) is 19.3 Å². The number of carbonyl (C=O) groups excluding carboxylic acids is 2. The molecule has 0 bridgehead atoms. The summed E-state index contributed by atoms with van der Waals surface area (Å²) in [6.45, 7) is 3.68. The minimum Gasteiger partial charge on any atom is -0.353 e. The summed E-state index contributed by atoms with van der Waals surface area (Å²) in [4.78, 5) is 28.6. The van der Waals surface area contributed by atoms with E-state index >= 15 is 0 Å². The molecular formula is C20H30N4O4S. The Balaban J connectivity index is 1.83. The average molecular weight is 423 g/mol. The minimum absolute atomic E-state index is 0.223. The summed E-state index contributed by atoms with van der Waals surface area (Å²) in [6, 6.07) is 4.17. The van der Waals surface area contributed by atoms with Crippen LogP contribution >= 0.6 is 0 Å². The summed E-state index contributed by atoms with van der Waals surface area (Å²) >= 11 is 0. The average Bonchev–Trinajstić information content (AvgIpc) is 3.07. The van der Waals surface area contributed by atoms with Gasteiger partial charge in [0.25, 0.3) is 0 Å². The third-order valence-electron chi connectivity index (χ3n) is 5.49. The first kappa shape index (κ1) is 21.7. The van der Waals surface area contributed by atoms with Crippen LogP contribution in [0.3, 0.4) is 0 Å². The van der Waals surface area contributed by atoms with Gasteiger partial charge in [-0.2, -0.15) is 4.31 Å². The summed E-state index contributed by atoms with van der Waals surface area (Å²) in [5.41, 5.74) is 1.33. The molecule has 9 heteroatoms. The smallest absolute Gasteiger partial charge is 0.243 e. The SMILES string of the molecule is CC(=O)N1c2ccc(S(=O)(=O)N3CCCCC3)cc2C[C@H]1C(=O)NCCN(C)C. The largest absolute Gasteiger partial charge is 0.353 e. The van der Waals surface area contributed by atoms with Crippen LogP contribution in [-0.2, 0) is 26.0 Å². The fourth-order valence-corrected chi connectivity index (χ4v) is 5.53. The van der Waals surface area contributed by atoms with Crippen LogP contribution in [0.4, 0.5) is 5.69 Å². The van der Waals surface area contributed by atoms with Gasteiger partial charge in [-0.25, -0.2) is 8.42 Å². The lowest BCUT2D eigenvalue weighted by molar-refractivity contribution is -0.125. The van der Waals surface area contributed by atoms with Crippen LogP contribution in [0.15, 0.2) is 23.1 Å². The third kappa shape index (κ3) is 4.62. The van der Waals surface area contributed by atoms with E-state index in [1.165, 1.54) is 16.1 Å². The highest BCUT2D eigenvalue weighted by atomic mass is 32.2. The predicted molar refractivity (Wildman–Crippen MR) is 111 cm³/mol. The molecule has 2 aliphatic rings. The molecule has 1 N–H and O–H groups in total. The van der Waals surface area contributed by atoms with Crippen LogP contribution in [0.1, 0.15) is 31.7 Å². The van der Waals surface area contributed by atoms with E-state index in [0.29, 0.717) is 43.9 Å². The molecule has 160 valence electrons. The molecule has 2 heterocycles. The topological polar surface area (TPSA) is 90.0 Å². The Morgan fingerprint density at radius 3 is 2.48 bits per heavy atom. The van der Waals surface area contributed by atoms with Crippen LogP contribution in [0.25, 0.3) is 0 Å². The number of amides is 2. The van der Waals surface area contributed by atoms with Gasteiger partial charge in [-0.15, -0.1) is 0 Å². The maximum atomic E-state index is 13.0. The van der Waals surface area contributed by atoms with Crippen molar-refractivity contribution in [1.82, 2.24) is 14.5 Å². The number of hydrogen-bond acceptors (Lipinski definition) is 5. The number of hydrogen-bond donors (Lipinski definition) is 1. The lowest BCUT2D eigenvalue weighted by Crippen LogP contribution is -2.48. The van der Waals surface area contributed by atoms with Gasteiger partial charge < -0.3 is 10.2 Å². The zero-order chi connectivity index (χ0) is 21.2. The summed E-state index contributed by atoms with van der Waals surface area (Å²) in [6.07, 6.45) is 3.11. The van der Waals surface area contributed by atoms with E-state index in [4.69, 9.17) is 0 Å². The molecule has 29 heavy (non-hydrogen) atoms. The van der Waals surface area contributed by atoms with Gasteiger partial charge >= 0.3 is 0 Å². The van der Waals surface area contributed by atoms with Crippen molar-refractivity contribution >= 4 is 27.5 Å². The molecule has 2 aliphatic heterocycles. The number of likely N-dealkylation sites (N-methyl/N-ethyl adjacent to an activating group) is 1. The van der Waals surface area contributed by atoms with Gasteiger partial charge in [0.2, 0.25) is 21.8 Å². The van der Waals surface area contributed by atoms with Crippen molar-refractivity contribution < 1.29 is 18.0 Å². The lowest BCUT2D eigenvalue weighted by Gasteiger charge is -2.26. The normalized spacial score (nSPS) is 20.0. The predicted octanol–water partition coefficient (Wildman–Crippen LogP) is 0.817. The van der Waals surface area contributed by atoms with Crippen LogP contribution < -0.4 is 10.2 Å². The number of sulfonamides is 1. The Hall–Kier alpha value is -1.97. The second-order valence-electron chi connectivity index (χ2n) is 7.96. The van der Waals surface area contributed by atoms with Crippen molar-refractivity contribution in [2.75, 3.05) is 45.2 Å². The number of anilines is 1. The zero-order valence-corrected chi connectivity index (χ0v) is 18.2. The zero-order valence-electron chi connectivity index (χ0n) is 17.3. The van der Waals surface area contributed by atoms with Crippen molar-refractivity contribution in [2.45, 2.75) is 43.5 Å². The monoisotopic (exact) mass is 422 g/mol. The second kappa shape index (κ2) is 8.81. The lowest BCUT2D eigenvalue weighted by atomic mass is 10.1. The molecule has 3 rings (SSSR count). The third-order valence-corrected chi connectivity index (χ3v) is 7.38. The van der Waals surface area contributed by atoms with Crippen molar-refractivity contribution in [2.24, 2.45) is 0 Å². The number of rotatable bonds is 6. The second-order valence-corrected chi connectivity index (χ2v) is 9.90. The first-order valence-electron chi connectivity index (χ1n) is 10.1. The Morgan fingerprint density at radius 2 is 1.86 bits per heavy atom. The standard InChI is InChI=1S/C20H30N4O4S/c1-15(25)24-18-8-7-17(29(27,28)23-10-5-4-6-11-23)13-16(18)14-19(24)20(26)21-9-12-22(2)3/h7-8,13,19H,4-6,9-12,14H2,1-3H3,(H,21,26)/t19-/m0/s1. The van der Waals surface area contributed by atoms with Gasteiger partial charge in [0, 0.05) is 45.2 Å². The van der Waals surface area contributed by atoms with Gasteiger partial charge in [-0.05, 0) is 50.7 Å². The Labute approximate surface area is 172 Å². The minimum atomic E-state index is -3.56. The van der Waals surface area contributed by atoms with Crippen molar-refractivity contribution in [1.29, 1.82) is 0 Å². The molecule has 0 aliphatic carbocycles. The van der Waals surface area contributed by atoms with E-state index in [1.807, 2.05) is 19.0 Å². The molecule has 1 fully saturated rings. The molecule has 1 aromatic rings. The van der Waals surface area contributed by atoms with E-state index in [2.05, 4.69) is 5.32 Å². The number of fused-ring (bicyclic) bond motifs is 1. The molecule has 0 radical (unpaired) electrons. The van der Waals surface area contributed by atoms with Crippen LogP contribution in [0.5, 0.6) is 0 Å². The number of benzene rings is 1. The highest BCUT2D eigenvalue weighted by molar-refractivity contribution is 7.89. The molecule has 0 saturated carbocycles. The molecule has 8 nitrogen and oxygen atoms in total. The number of nitrogens with zero attached hydrogens (tertiary/aromatic N) is 3. The number of carbonyl (C=O) groups is 2. The molecule has 0 aromatic heterocycles. The molecule has 1 aromatic carbocycles. The van der Waals surface area contributed by atoms with Gasteiger partial charge in [0.15, 0.2) is 0 Å². The van der Waals surface area contributed by atoms with E-state index in [1.54, 1.807) is 18.2 Å². The van der Waals surface area contributed by atoms with Gasteiger partial charge in [0.05, 0.1) is 4.90 Å². The maximum absolute atomic E-state index is 13.0. The van der Waals surface area contributed by atoms with Crippen molar-refractivity contribution in [3.63, 3.8) is 0 Å². The molecule has 2 amide bonds.